The highest BCUT2D eigenvalue weighted by atomic mass is 16.5. The molecule has 0 aliphatic carbocycles. The summed E-state index contributed by atoms with van der Waals surface area (Å²) in [6, 6.07) is 11.3. The van der Waals surface area contributed by atoms with Crippen LogP contribution in [-0.4, -0.2) is 11.1 Å². The van der Waals surface area contributed by atoms with Gasteiger partial charge in [-0.05, 0) is 26.0 Å². The van der Waals surface area contributed by atoms with Crippen molar-refractivity contribution < 1.29 is 14.6 Å². The summed E-state index contributed by atoms with van der Waals surface area (Å²) in [6.07, 6.45) is 0. The average Bonchev–Trinajstić information content (AvgIpc) is 2.35. The molecular formula is C16H14O3. The molecule has 96 valence electrons. The van der Waals surface area contributed by atoms with Crippen LogP contribution in [0.3, 0.4) is 0 Å². The van der Waals surface area contributed by atoms with Gasteiger partial charge in [0.05, 0.1) is 0 Å². The Morgan fingerprint density at radius 1 is 1.00 bits per heavy atom. The van der Waals surface area contributed by atoms with E-state index in [-0.39, 0.29) is 0 Å². The van der Waals surface area contributed by atoms with E-state index in [1.807, 2.05) is 50.2 Å². The van der Waals surface area contributed by atoms with Crippen LogP contribution in [0.25, 0.3) is 0 Å². The van der Waals surface area contributed by atoms with Gasteiger partial charge in [0, 0.05) is 11.1 Å². The third-order valence-electron chi connectivity index (χ3n) is 3.42. The van der Waals surface area contributed by atoms with Gasteiger partial charge in [-0.15, -0.1) is 0 Å². The van der Waals surface area contributed by atoms with E-state index in [9.17, 15) is 9.90 Å². The summed E-state index contributed by atoms with van der Waals surface area (Å²) in [7, 11) is 0. The number of aryl methyl sites for hydroxylation is 2. The summed E-state index contributed by atoms with van der Waals surface area (Å²) in [5, 5.41) is 9.56. The van der Waals surface area contributed by atoms with Crippen LogP contribution < -0.4 is 4.74 Å². The summed E-state index contributed by atoms with van der Waals surface area (Å²) in [6.45, 7) is 3.90. The molecule has 1 aliphatic rings. The fourth-order valence-electron chi connectivity index (χ4n) is 2.52. The van der Waals surface area contributed by atoms with Crippen molar-refractivity contribution in [2.45, 2.75) is 19.8 Å². The van der Waals surface area contributed by atoms with E-state index in [2.05, 4.69) is 0 Å². The lowest BCUT2D eigenvalue weighted by atomic mass is 9.86. The molecule has 0 fully saturated rings. The number of carbonyl (C=O) groups is 1. The number of rotatable bonds is 1. The van der Waals surface area contributed by atoms with Crippen molar-refractivity contribution in [1.29, 1.82) is 0 Å². The van der Waals surface area contributed by atoms with Gasteiger partial charge in [-0.1, -0.05) is 35.4 Å². The Morgan fingerprint density at radius 3 is 1.89 bits per heavy atom. The van der Waals surface area contributed by atoms with Gasteiger partial charge in [0.15, 0.2) is 0 Å². The van der Waals surface area contributed by atoms with Crippen molar-refractivity contribution in [2.24, 2.45) is 0 Å². The number of hydrogen-bond donors (Lipinski definition) is 1. The molecule has 1 heterocycles. The lowest BCUT2D eigenvalue weighted by Gasteiger charge is -2.26. The molecule has 0 aromatic heterocycles. The molecule has 2 aromatic carbocycles. The number of ether oxygens (including phenoxy) is 1. The van der Waals surface area contributed by atoms with E-state index in [4.69, 9.17) is 4.74 Å². The Kier molecular flexibility index (Phi) is 2.56. The molecule has 2 aromatic rings. The first-order chi connectivity index (χ1) is 9.06. The molecule has 0 unspecified atom stereocenters. The van der Waals surface area contributed by atoms with Crippen molar-refractivity contribution in [2.75, 3.05) is 0 Å². The molecule has 3 nitrogen and oxygen atoms in total. The third kappa shape index (κ3) is 1.87. The highest BCUT2D eigenvalue weighted by Crippen LogP contribution is 2.44. The van der Waals surface area contributed by atoms with Crippen LogP contribution in [-0.2, 0) is 4.79 Å². The van der Waals surface area contributed by atoms with Crippen LogP contribution in [0, 0.1) is 13.8 Å². The number of carboxylic acid groups (broad SMARTS) is 1. The second-order valence-corrected chi connectivity index (χ2v) is 4.96. The van der Waals surface area contributed by atoms with Crippen LogP contribution in [0.15, 0.2) is 36.4 Å². The van der Waals surface area contributed by atoms with E-state index in [0.29, 0.717) is 11.5 Å². The van der Waals surface area contributed by atoms with Crippen molar-refractivity contribution in [1.82, 2.24) is 0 Å². The number of aliphatic carboxylic acids is 1. The molecule has 3 heteroatoms. The Morgan fingerprint density at radius 2 is 1.47 bits per heavy atom. The van der Waals surface area contributed by atoms with Gasteiger partial charge in [0.25, 0.3) is 0 Å². The summed E-state index contributed by atoms with van der Waals surface area (Å²) in [5.74, 6) is -0.232. The average molecular weight is 254 g/mol. The Labute approximate surface area is 111 Å². The minimum atomic E-state index is -0.845. The lowest BCUT2D eigenvalue weighted by Crippen LogP contribution is -2.18. The molecule has 0 atom stereocenters. The van der Waals surface area contributed by atoms with Gasteiger partial charge in [-0.2, -0.15) is 0 Å². The molecule has 1 aliphatic heterocycles. The first kappa shape index (κ1) is 11.8. The maximum Gasteiger partial charge on any atom is 0.315 e. The summed E-state index contributed by atoms with van der Waals surface area (Å²) >= 11 is 0. The van der Waals surface area contributed by atoms with Crippen LogP contribution in [0.1, 0.15) is 28.2 Å². The van der Waals surface area contributed by atoms with Crippen molar-refractivity contribution in [3.05, 3.63) is 58.7 Å². The molecule has 0 spiro atoms. The van der Waals surface area contributed by atoms with Crippen molar-refractivity contribution in [3.63, 3.8) is 0 Å². The molecule has 0 saturated carbocycles. The topological polar surface area (TPSA) is 46.5 Å². The zero-order valence-corrected chi connectivity index (χ0v) is 10.8. The maximum absolute atomic E-state index is 11.6. The minimum absolute atomic E-state index is 0.634. The monoisotopic (exact) mass is 254 g/mol. The van der Waals surface area contributed by atoms with Crippen molar-refractivity contribution >= 4 is 5.97 Å². The highest BCUT2D eigenvalue weighted by molar-refractivity contribution is 5.84. The van der Waals surface area contributed by atoms with Gasteiger partial charge in [0.2, 0.25) is 0 Å². The predicted octanol–water partition coefficient (Wildman–Crippen LogP) is 3.63. The standard InChI is InChI=1S/C16H14O3/c1-9-3-5-13-11(7-9)15(16(17)18)12-8-10(2)4-6-14(12)19-13/h3-8,15H,1-2H3,(H,17,18). The zero-order chi connectivity index (χ0) is 13.6. The lowest BCUT2D eigenvalue weighted by molar-refractivity contribution is -0.137. The SMILES string of the molecule is Cc1ccc2c(c1)C(C(=O)O)c1cc(C)ccc1O2. The van der Waals surface area contributed by atoms with Crippen LogP contribution in [0.2, 0.25) is 0 Å². The van der Waals surface area contributed by atoms with E-state index in [1.54, 1.807) is 0 Å². The molecule has 0 radical (unpaired) electrons. The summed E-state index contributed by atoms with van der Waals surface area (Å²) < 4.78 is 5.80. The smallest absolute Gasteiger partial charge is 0.315 e. The van der Waals surface area contributed by atoms with Gasteiger partial charge in [0.1, 0.15) is 17.4 Å². The maximum atomic E-state index is 11.6. The first-order valence-electron chi connectivity index (χ1n) is 6.18. The van der Waals surface area contributed by atoms with Crippen LogP contribution in [0.4, 0.5) is 0 Å². The van der Waals surface area contributed by atoms with E-state index in [1.165, 1.54) is 0 Å². The Hall–Kier alpha value is -2.29. The van der Waals surface area contributed by atoms with Crippen LogP contribution >= 0.6 is 0 Å². The van der Waals surface area contributed by atoms with E-state index < -0.39 is 11.9 Å². The van der Waals surface area contributed by atoms with Crippen molar-refractivity contribution in [3.8, 4) is 11.5 Å². The van der Waals surface area contributed by atoms with E-state index >= 15 is 0 Å². The molecule has 3 rings (SSSR count). The van der Waals surface area contributed by atoms with Crippen LogP contribution in [0.5, 0.6) is 11.5 Å². The zero-order valence-electron chi connectivity index (χ0n) is 10.8. The van der Waals surface area contributed by atoms with Gasteiger partial charge < -0.3 is 9.84 Å². The van der Waals surface area contributed by atoms with Gasteiger partial charge in [-0.25, -0.2) is 0 Å². The molecular weight excluding hydrogens is 240 g/mol. The predicted molar refractivity (Wildman–Crippen MR) is 71.9 cm³/mol. The number of fused-ring (bicyclic) bond motifs is 2. The second kappa shape index (κ2) is 4.12. The normalized spacial score (nSPS) is 13.4. The highest BCUT2D eigenvalue weighted by Gasteiger charge is 2.32. The molecule has 0 bridgehead atoms. The largest absolute Gasteiger partial charge is 0.481 e. The summed E-state index contributed by atoms with van der Waals surface area (Å²) in [5.41, 5.74) is 3.52. The van der Waals surface area contributed by atoms with E-state index in [0.717, 1.165) is 22.3 Å². The first-order valence-corrected chi connectivity index (χ1v) is 6.18. The van der Waals surface area contributed by atoms with Gasteiger partial charge in [-0.3, -0.25) is 4.79 Å². The quantitative estimate of drug-likeness (QED) is 0.845. The second-order valence-electron chi connectivity index (χ2n) is 4.96. The number of hydrogen-bond acceptors (Lipinski definition) is 2. The fraction of sp³-hybridized carbons (Fsp3) is 0.188. The third-order valence-corrected chi connectivity index (χ3v) is 3.42. The number of carboxylic acids is 1. The molecule has 0 amide bonds. The summed E-state index contributed by atoms with van der Waals surface area (Å²) in [4.78, 5) is 11.6. The molecule has 19 heavy (non-hydrogen) atoms. The number of benzene rings is 2. The fourth-order valence-corrected chi connectivity index (χ4v) is 2.52. The molecule has 1 N–H and O–H groups in total. The van der Waals surface area contributed by atoms with Gasteiger partial charge >= 0.3 is 5.97 Å². The Balaban J connectivity index is 2.25. The molecule has 0 saturated heterocycles. The minimum Gasteiger partial charge on any atom is -0.481 e. The Bertz CT molecular complexity index is 622.